The number of halogens is 1. The van der Waals surface area contributed by atoms with E-state index in [9.17, 15) is 0 Å². The first kappa shape index (κ1) is 12.7. The van der Waals surface area contributed by atoms with Crippen LogP contribution in [0.5, 0.6) is 5.75 Å². The molecule has 1 saturated carbocycles. The molecule has 0 saturated heterocycles. The van der Waals surface area contributed by atoms with Gasteiger partial charge < -0.3 is 10.5 Å². The lowest BCUT2D eigenvalue weighted by Crippen LogP contribution is -2.39. The predicted molar refractivity (Wildman–Crippen MR) is 71.7 cm³/mol. The second-order valence-corrected chi connectivity index (χ2v) is 5.46. The molecule has 0 atom stereocenters. The molecule has 0 bridgehead atoms. The van der Waals surface area contributed by atoms with Gasteiger partial charge in [-0.25, -0.2) is 0 Å². The zero-order valence-corrected chi connectivity index (χ0v) is 11.3. The van der Waals surface area contributed by atoms with Crippen molar-refractivity contribution in [1.82, 2.24) is 0 Å². The van der Waals surface area contributed by atoms with Crippen LogP contribution in [0.1, 0.15) is 43.2 Å². The van der Waals surface area contributed by atoms with Crippen LogP contribution in [-0.4, -0.2) is 7.11 Å². The van der Waals surface area contributed by atoms with Crippen molar-refractivity contribution in [3.63, 3.8) is 0 Å². The standard InChI is InChI=1S/C14H20ClNO/c1-10-8-11(15)9-12(13(10)17-2)14(16)6-4-3-5-7-14/h8-9H,3-7,16H2,1-2H3. The van der Waals surface area contributed by atoms with E-state index < -0.39 is 0 Å². The Kier molecular flexibility index (Phi) is 3.64. The zero-order chi connectivity index (χ0) is 12.5. The lowest BCUT2D eigenvalue weighted by Gasteiger charge is -2.35. The monoisotopic (exact) mass is 253 g/mol. The maximum absolute atomic E-state index is 6.56. The molecule has 2 N–H and O–H groups in total. The highest BCUT2D eigenvalue weighted by atomic mass is 35.5. The van der Waals surface area contributed by atoms with Gasteiger partial charge in [-0.2, -0.15) is 0 Å². The summed E-state index contributed by atoms with van der Waals surface area (Å²) in [5.74, 6) is 0.902. The van der Waals surface area contributed by atoms with E-state index >= 15 is 0 Å². The molecular formula is C14H20ClNO. The van der Waals surface area contributed by atoms with Gasteiger partial charge in [-0.05, 0) is 37.5 Å². The number of aryl methyl sites for hydroxylation is 1. The van der Waals surface area contributed by atoms with Crippen molar-refractivity contribution in [2.75, 3.05) is 7.11 Å². The summed E-state index contributed by atoms with van der Waals surface area (Å²) in [6.45, 7) is 2.01. The van der Waals surface area contributed by atoms with Crippen LogP contribution in [0.15, 0.2) is 12.1 Å². The van der Waals surface area contributed by atoms with E-state index in [0.29, 0.717) is 0 Å². The molecule has 0 aromatic heterocycles. The summed E-state index contributed by atoms with van der Waals surface area (Å²) in [5.41, 5.74) is 8.43. The number of hydrogen-bond acceptors (Lipinski definition) is 2. The fourth-order valence-electron chi connectivity index (χ4n) is 2.82. The average Bonchev–Trinajstić information content (AvgIpc) is 2.29. The number of rotatable bonds is 2. The Morgan fingerprint density at radius 1 is 1.24 bits per heavy atom. The molecule has 2 rings (SSSR count). The van der Waals surface area contributed by atoms with Gasteiger partial charge >= 0.3 is 0 Å². The molecule has 17 heavy (non-hydrogen) atoms. The van der Waals surface area contributed by atoms with E-state index in [0.717, 1.165) is 34.7 Å². The summed E-state index contributed by atoms with van der Waals surface area (Å²) in [4.78, 5) is 0. The Morgan fingerprint density at radius 2 is 1.88 bits per heavy atom. The van der Waals surface area contributed by atoms with Crippen LogP contribution in [0.2, 0.25) is 5.02 Å². The number of methoxy groups -OCH3 is 1. The maximum atomic E-state index is 6.56. The Morgan fingerprint density at radius 3 is 2.47 bits per heavy atom. The van der Waals surface area contributed by atoms with Gasteiger partial charge in [-0.1, -0.05) is 30.9 Å². The van der Waals surface area contributed by atoms with Gasteiger partial charge in [0.2, 0.25) is 0 Å². The first-order valence-corrected chi connectivity index (χ1v) is 6.58. The first-order valence-electron chi connectivity index (χ1n) is 6.20. The molecule has 0 amide bonds. The van der Waals surface area contributed by atoms with Crippen LogP contribution in [0, 0.1) is 6.92 Å². The van der Waals surface area contributed by atoms with E-state index in [4.69, 9.17) is 22.1 Å². The van der Waals surface area contributed by atoms with Crippen molar-refractivity contribution in [2.24, 2.45) is 5.73 Å². The Balaban J connectivity index is 2.49. The van der Waals surface area contributed by atoms with Gasteiger partial charge in [0.25, 0.3) is 0 Å². The van der Waals surface area contributed by atoms with Crippen molar-refractivity contribution in [2.45, 2.75) is 44.6 Å². The fraction of sp³-hybridized carbons (Fsp3) is 0.571. The number of hydrogen-bond donors (Lipinski definition) is 1. The minimum absolute atomic E-state index is 0.265. The second kappa shape index (κ2) is 4.87. The highest BCUT2D eigenvalue weighted by molar-refractivity contribution is 6.30. The molecule has 0 unspecified atom stereocenters. The van der Waals surface area contributed by atoms with Crippen LogP contribution in [0.25, 0.3) is 0 Å². The molecule has 0 spiro atoms. The van der Waals surface area contributed by atoms with Crippen molar-refractivity contribution in [1.29, 1.82) is 0 Å². The van der Waals surface area contributed by atoms with Crippen molar-refractivity contribution in [3.8, 4) is 5.75 Å². The van der Waals surface area contributed by atoms with Crippen LogP contribution in [0.4, 0.5) is 0 Å². The third-order valence-electron chi connectivity index (χ3n) is 3.73. The molecule has 94 valence electrons. The third-order valence-corrected chi connectivity index (χ3v) is 3.94. The minimum Gasteiger partial charge on any atom is -0.496 e. The molecule has 2 nitrogen and oxygen atoms in total. The summed E-state index contributed by atoms with van der Waals surface area (Å²) in [6.07, 6.45) is 5.68. The molecule has 0 heterocycles. The molecule has 0 radical (unpaired) electrons. The SMILES string of the molecule is COc1c(C)cc(Cl)cc1C1(N)CCCCC1. The fourth-order valence-corrected chi connectivity index (χ4v) is 3.10. The molecule has 1 fully saturated rings. The van der Waals surface area contributed by atoms with Crippen molar-refractivity contribution in [3.05, 3.63) is 28.3 Å². The Hall–Kier alpha value is -0.730. The quantitative estimate of drug-likeness (QED) is 0.871. The lowest BCUT2D eigenvalue weighted by atomic mass is 9.76. The van der Waals surface area contributed by atoms with Gasteiger partial charge in [0.1, 0.15) is 5.75 Å². The minimum atomic E-state index is -0.265. The summed E-state index contributed by atoms with van der Waals surface area (Å²) in [7, 11) is 1.70. The van der Waals surface area contributed by atoms with Crippen molar-refractivity contribution < 1.29 is 4.74 Å². The largest absolute Gasteiger partial charge is 0.496 e. The molecule has 0 aliphatic heterocycles. The highest BCUT2D eigenvalue weighted by Crippen LogP contribution is 2.41. The van der Waals surface area contributed by atoms with Gasteiger partial charge in [-0.15, -0.1) is 0 Å². The second-order valence-electron chi connectivity index (χ2n) is 5.02. The van der Waals surface area contributed by atoms with Gasteiger partial charge in [0.05, 0.1) is 7.11 Å². The summed E-state index contributed by atoms with van der Waals surface area (Å²) in [6, 6.07) is 3.90. The first-order chi connectivity index (χ1) is 8.07. The molecule has 1 aliphatic rings. The van der Waals surface area contributed by atoms with Crippen molar-refractivity contribution >= 4 is 11.6 Å². The lowest BCUT2D eigenvalue weighted by molar-refractivity contribution is 0.288. The smallest absolute Gasteiger partial charge is 0.126 e. The van der Waals surface area contributed by atoms with E-state index in [-0.39, 0.29) is 5.54 Å². The molecule has 3 heteroatoms. The number of nitrogens with two attached hydrogens (primary N) is 1. The molecule has 1 aliphatic carbocycles. The van der Waals surface area contributed by atoms with Crippen LogP contribution in [-0.2, 0) is 5.54 Å². The van der Waals surface area contributed by atoms with Gasteiger partial charge in [-0.3, -0.25) is 0 Å². The summed E-state index contributed by atoms with van der Waals surface area (Å²) < 4.78 is 5.51. The Labute approximate surface area is 108 Å². The zero-order valence-electron chi connectivity index (χ0n) is 10.6. The number of ether oxygens (including phenoxy) is 1. The predicted octanol–water partition coefficient (Wildman–Crippen LogP) is 3.78. The topological polar surface area (TPSA) is 35.2 Å². The van der Waals surface area contributed by atoms with Crippen LogP contribution >= 0.6 is 11.6 Å². The van der Waals surface area contributed by atoms with E-state index in [1.807, 2.05) is 19.1 Å². The molecular weight excluding hydrogens is 234 g/mol. The highest BCUT2D eigenvalue weighted by Gasteiger charge is 2.32. The number of benzene rings is 1. The van der Waals surface area contributed by atoms with Crippen LogP contribution in [0.3, 0.4) is 0 Å². The van der Waals surface area contributed by atoms with Gasteiger partial charge in [0.15, 0.2) is 0 Å². The van der Waals surface area contributed by atoms with Crippen LogP contribution < -0.4 is 10.5 Å². The normalized spacial score (nSPS) is 19.1. The van der Waals surface area contributed by atoms with Gasteiger partial charge in [0, 0.05) is 16.1 Å². The Bertz CT molecular complexity index is 411. The van der Waals surface area contributed by atoms with E-state index in [1.54, 1.807) is 7.11 Å². The molecule has 1 aromatic carbocycles. The average molecular weight is 254 g/mol. The summed E-state index contributed by atoms with van der Waals surface area (Å²) in [5, 5.41) is 0.744. The van der Waals surface area contributed by atoms with E-state index in [1.165, 1.54) is 19.3 Å². The van der Waals surface area contributed by atoms with E-state index in [2.05, 4.69) is 0 Å². The third kappa shape index (κ3) is 2.43. The summed E-state index contributed by atoms with van der Waals surface area (Å²) >= 11 is 6.15. The molecule has 1 aromatic rings. The maximum Gasteiger partial charge on any atom is 0.126 e.